The van der Waals surface area contributed by atoms with E-state index < -0.39 is 0 Å². The van der Waals surface area contributed by atoms with Crippen LogP contribution in [0.3, 0.4) is 0 Å². The lowest BCUT2D eigenvalue weighted by molar-refractivity contribution is 0.666. The fourth-order valence-corrected chi connectivity index (χ4v) is 0. The van der Waals surface area contributed by atoms with Crippen LogP contribution in [0.25, 0.3) is 0 Å². The van der Waals surface area contributed by atoms with Crippen molar-refractivity contribution in [2.24, 2.45) is 5.73 Å². The molecule has 0 bridgehead atoms. The van der Waals surface area contributed by atoms with Crippen LogP contribution < -0.4 is 5.73 Å². The lowest BCUT2D eigenvalue weighted by Gasteiger charge is -1.82. The minimum atomic E-state index is -0.0478. The Hall–Kier alpha value is 0.0400. The van der Waals surface area contributed by atoms with E-state index in [4.69, 9.17) is 5.73 Å². The van der Waals surface area contributed by atoms with Crippen molar-refractivity contribution in [3.63, 3.8) is 0 Å². The number of thiocarbonyl (C=S) groups is 1. The van der Waals surface area contributed by atoms with Crippen LogP contribution in [-0.2, 0) is 4.18 Å². The molecule has 0 saturated heterocycles. The first-order valence-corrected chi connectivity index (χ1v) is 1.65. The third-order valence-corrected chi connectivity index (χ3v) is 0.494. The second-order valence-electron chi connectivity index (χ2n) is 0.410. The first-order chi connectivity index (χ1) is 2.27. The first-order valence-electron chi connectivity index (χ1n) is 0.879. The van der Waals surface area contributed by atoms with Gasteiger partial charge in [0.2, 0.25) is 0 Å². The van der Waals surface area contributed by atoms with Gasteiger partial charge in [0.05, 0.1) is 0 Å². The van der Waals surface area contributed by atoms with Gasteiger partial charge in [0.1, 0.15) is 0 Å². The number of rotatable bonds is 0. The highest BCUT2D eigenvalue weighted by atomic mass is 32.1. The predicted octanol–water partition coefficient (Wildman–Crippen LogP) is 0.173. The van der Waals surface area contributed by atoms with Gasteiger partial charge in [-0.05, 0) is 12.2 Å². The summed E-state index contributed by atoms with van der Waals surface area (Å²) in [6, 6.07) is 0. The Morgan fingerprint density at radius 2 is 2.00 bits per heavy atom. The summed E-state index contributed by atoms with van der Waals surface area (Å²) in [4.78, 5) is 0. The Labute approximate surface area is 48.3 Å². The second-order valence-corrected chi connectivity index (χ2v) is 0.995. The van der Waals surface area contributed by atoms with Crippen LogP contribution in [0.2, 0.25) is 0 Å². The molecule has 0 amide bonds. The third kappa shape index (κ3) is 8.97. The molecule has 0 atom stereocenters. The minimum Gasteiger partial charge on any atom is -0.401 e. The maximum absolute atomic E-state index is 4.72. The van der Waals surface area contributed by atoms with Crippen molar-refractivity contribution in [2.75, 3.05) is 0 Å². The molecule has 4 radical (unpaired) electrons. The first kappa shape index (κ1) is 9.40. The van der Waals surface area contributed by atoms with E-state index in [0.717, 1.165) is 0 Å². The molecule has 2 N–H and O–H groups in total. The van der Waals surface area contributed by atoms with Gasteiger partial charge in [0.15, 0.2) is 0 Å². The zero-order valence-electron chi connectivity index (χ0n) is 2.84. The van der Waals surface area contributed by atoms with E-state index in [-0.39, 0.29) is 12.6 Å². The van der Waals surface area contributed by atoms with Crippen molar-refractivity contribution >= 4 is 30.3 Å². The highest BCUT2D eigenvalue weighted by Crippen LogP contribution is 1.72. The van der Waals surface area contributed by atoms with Crippen LogP contribution in [0.4, 0.5) is 0 Å². The molecule has 0 aromatic heterocycles. The van der Waals surface area contributed by atoms with Crippen LogP contribution in [-0.4, -0.2) is 5.17 Å². The van der Waals surface area contributed by atoms with Gasteiger partial charge in [-0.2, -0.15) is 0 Å². The van der Waals surface area contributed by atoms with Crippen molar-refractivity contribution in [1.82, 2.24) is 0 Å². The summed E-state index contributed by atoms with van der Waals surface area (Å²) in [6.45, 7) is 0. The van der Waals surface area contributed by atoms with Crippen LogP contribution in [0, 0.1) is 7.43 Å². The van der Waals surface area contributed by atoms with Crippen LogP contribution in [0.1, 0.15) is 0 Å². The summed E-state index contributed by atoms with van der Waals surface area (Å²) in [5.41, 5.74) is 4.72. The molecule has 6 heavy (non-hydrogen) atoms. The van der Waals surface area contributed by atoms with Gasteiger partial charge in [-0.15, -0.1) is 0 Å². The molecule has 0 spiro atoms. The Kier molecular flexibility index (Phi) is 7.90. The second kappa shape index (κ2) is 5.04. The number of thiol groups is 1. The molecule has 0 heterocycles. The van der Waals surface area contributed by atoms with Gasteiger partial charge < -0.3 is 9.92 Å². The lowest BCUT2D eigenvalue weighted by atomic mass is 11.4. The zero-order valence-corrected chi connectivity index (χ0v) is 4.55. The summed E-state index contributed by atoms with van der Waals surface area (Å²) in [5, 5.41) is -0.0478. The highest BCUT2D eigenvalue weighted by molar-refractivity contribution is 7.82. The van der Waals surface area contributed by atoms with Crippen molar-refractivity contribution < 1.29 is 4.18 Å². The fourth-order valence-electron chi connectivity index (χ4n) is 0. The lowest BCUT2D eigenvalue weighted by Crippen LogP contribution is -2.05. The van der Waals surface area contributed by atoms with E-state index in [1.54, 1.807) is 0 Å². The maximum Gasteiger partial charge on any atom is 0.266 e. The Morgan fingerprint density at radius 1 is 1.83 bits per heavy atom. The van der Waals surface area contributed by atoms with Crippen molar-refractivity contribution in [1.29, 1.82) is 0 Å². The van der Waals surface area contributed by atoms with Gasteiger partial charge in [0.25, 0.3) is 5.17 Å². The van der Waals surface area contributed by atoms with Crippen molar-refractivity contribution in [3.8, 4) is 0 Å². The molecule has 0 rings (SSSR count). The fraction of sp³-hybridized carbons (Fsp3) is 0. The molecule has 0 aliphatic rings. The van der Waals surface area contributed by atoms with E-state index in [1.165, 1.54) is 0 Å². The largest absolute Gasteiger partial charge is 0.401 e. The van der Waals surface area contributed by atoms with Crippen molar-refractivity contribution in [3.05, 3.63) is 7.43 Å². The normalized spacial score (nSPS) is 5.50. The third-order valence-electron chi connectivity index (χ3n) is 0.0900. The standard InChI is InChI=1S/CH3NOS2.C/c2-1(4)3-5;/h5H,(H2,2,4);. The Morgan fingerprint density at radius 3 is 2.00 bits per heavy atom. The summed E-state index contributed by atoms with van der Waals surface area (Å²) >= 11 is 7.43. The quantitative estimate of drug-likeness (QED) is 0.272. The molecule has 0 aliphatic carbocycles. The predicted molar refractivity (Wildman–Crippen MR) is 30.1 cm³/mol. The van der Waals surface area contributed by atoms with Crippen molar-refractivity contribution in [2.45, 2.75) is 0 Å². The van der Waals surface area contributed by atoms with E-state index in [9.17, 15) is 0 Å². The average molecular weight is 121 g/mol. The molecule has 4 heteroatoms. The smallest absolute Gasteiger partial charge is 0.266 e. The molecule has 0 fully saturated rings. The summed E-state index contributed by atoms with van der Waals surface area (Å²) in [6.07, 6.45) is 0. The van der Waals surface area contributed by atoms with E-state index in [1.807, 2.05) is 0 Å². The summed E-state index contributed by atoms with van der Waals surface area (Å²) < 4.78 is 3.95. The molecule has 0 saturated carbocycles. The monoisotopic (exact) mass is 121 g/mol. The average Bonchev–Trinajstić information content (AvgIpc) is 1.38. The number of hydrogen-bond donors (Lipinski definition) is 2. The van der Waals surface area contributed by atoms with Crippen LogP contribution in [0.5, 0.6) is 0 Å². The van der Waals surface area contributed by atoms with Gasteiger partial charge in [0, 0.05) is 20.3 Å². The van der Waals surface area contributed by atoms with E-state index >= 15 is 0 Å². The molecule has 0 aromatic rings. The molecule has 0 unspecified atom stereocenters. The van der Waals surface area contributed by atoms with Crippen LogP contribution >= 0.6 is 25.1 Å². The SMILES string of the molecule is NC(=S)OS.[C]. The summed E-state index contributed by atoms with van der Waals surface area (Å²) in [7, 11) is 0. The minimum absolute atomic E-state index is 0. The van der Waals surface area contributed by atoms with Crippen LogP contribution in [0.15, 0.2) is 0 Å². The zero-order chi connectivity index (χ0) is 4.28. The molecule has 2 nitrogen and oxygen atoms in total. The van der Waals surface area contributed by atoms with Gasteiger partial charge in [-0.1, -0.05) is 0 Å². The highest BCUT2D eigenvalue weighted by Gasteiger charge is 1.71. The maximum atomic E-state index is 4.72. The number of nitrogens with two attached hydrogens (primary N) is 1. The molecule has 0 aromatic carbocycles. The molecule has 34 valence electrons. The van der Waals surface area contributed by atoms with E-state index in [0.29, 0.717) is 0 Å². The van der Waals surface area contributed by atoms with E-state index in [2.05, 4.69) is 29.3 Å². The molecular weight excluding hydrogens is 118 g/mol. The summed E-state index contributed by atoms with van der Waals surface area (Å²) in [5.74, 6) is 0. The van der Waals surface area contributed by atoms with Gasteiger partial charge in [-0.3, -0.25) is 0 Å². The number of hydrogen-bond acceptors (Lipinski definition) is 3. The van der Waals surface area contributed by atoms with Gasteiger partial charge in [-0.25, -0.2) is 0 Å². The molecule has 0 aliphatic heterocycles. The topological polar surface area (TPSA) is 35.2 Å². The van der Waals surface area contributed by atoms with Gasteiger partial charge >= 0.3 is 0 Å². The molecular formula is C2H3NOS2. The Bertz CT molecular complexity index is 46.8. The Balaban J connectivity index is 0.